The Morgan fingerprint density at radius 1 is 1.15 bits per heavy atom. The van der Waals surface area contributed by atoms with E-state index >= 15 is 0 Å². The summed E-state index contributed by atoms with van der Waals surface area (Å²) in [6, 6.07) is 7.60. The van der Waals surface area contributed by atoms with Crippen molar-refractivity contribution in [3.8, 4) is 0 Å². The topological polar surface area (TPSA) is 82.0 Å². The lowest BCUT2D eigenvalue weighted by atomic mass is 9.88. The van der Waals surface area contributed by atoms with Gasteiger partial charge in [-0.05, 0) is 37.1 Å². The molecular weight excluding hydrogens is 454 g/mol. The van der Waals surface area contributed by atoms with Crippen LogP contribution in [0.1, 0.15) is 48.1 Å². The molecule has 1 aromatic heterocycles. The summed E-state index contributed by atoms with van der Waals surface area (Å²) < 4.78 is 5.77. The molecule has 1 amide bonds. The van der Waals surface area contributed by atoms with E-state index in [0.29, 0.717) is 50.8 Å². The molecule has 34 heavy (non-hydrogen) atoms. The Bertz CT molecular complexity index is 1030. The molecule has 0 radical (unpaired) electrons. The van der Waals surface area contributed by atoms with Gasteiger partial charge in [0.1, 0.15) is 12.1 Å². The molecule has 3 heterocycles. The van der Waals surface area contributed by atoms with Gasteiger partial charge in [0.2, 0.25) is 5.91 Å². The number of carbonyl (C=O) groups excluding carboxylic acids is 1. The zero-order chi connectivity index (χ0) is 23.8. The summed E-state index contributed by atoms with van der Waals surface area (Å²) in [5.41, 5.74) is 2.77. The van der Waals surface area contributed by atoms with Crippen LogP contribution >= 0.6 is 11.6 Å². The van der Waals surface area contributed by atoms with Crippen molar-refractivity contribution in [1.29, 1.82) is 0 Å². The monoisotopic (exact) mass is 485 g/mol. The minimum atomic E-state index is -0.524. The van der Waals surface area contributed by atoms with E-state index < -0.39 is 6.10 Å². The molecule has 182 valence electrons. The van der Waals surface area contributed by atoms with Crippen LogP contribution < -0.4 is 4.90 Å². The highest BCUT2D eigenvalue weighted by Crippen LogP contribution is 2.43. The van der Waals surface area contributed by atoms with E-state index in [1.807, 2.05) is 29.2 Å². The number of hydrogen-bond acceptors (Lipinski definition) is 7. The number of ether oxygens (including phenoxy) is 1. The van der Waals surface area contributed by atoms with Crippen LogP contribution in [0.2, 0.25) is 5.02 Å². The van der Waals surface area contributed by atoms with E-state index in [2.05, 4.69) is 33.7 Å². The lowest BCUT2D eigenvalue weighted by molar-refractivity contribution is -0.136. The second-order valence-corrected chi connectivity index (χ2v) is 10.0. The molecule has 2 aromatic rings. The molecule has 0 bridgehead atoms. The summed E-state index contributed by atoms with van der Waals surface area (Å²) in [4.78, 5) is 29.2. The fourth-order valence-corrected chi connectivity index (χ4v) is 5.67. The standard InChI is InChI=1S/C25H32ClN5O3/c1-16-13-20(32)23-21(16)24(28-15-27-23)30-7-9-31(10-8-30)25(33)22(17-3-5-18(26)6-4-17)19-14-34-12-11-29(19)2/h3-6,15-16,19-20,22,32H,7-14H2,1-2H3/t16-,19+,20-,22+/m1/s1. The number of halogens is 1. The van der Waals surface area contributed by atoms with Gasteiger partial charge in [-0.2, -0.15) is 0 Å². The quantitative estimate of drug-likeness (QED) is 0.712. The van der Waals surface area contributed by atoms with E-state index in [1.54, 1.807) is 6.33 Å². The molecule has 2 fully saturated rings. The van der Waals surface area contributed by atoms with Gasteiger partial charge < -0.3 is 19.6 Å². The zero-order valence-electron chi connectivity index (χ0n) is 19.7. The summed E-state index contributed by atoms with van der Waals surface area (Å²) in [5.74, 6) is 0.932. The fourth-order valence-electron chi connectivity index (χ4n) is 5.55. The van der Waals surface area contributed by atoms with Crippen molar-refractivity contribution in [2.45, 2.75) is 37.3 Å². The van der Waals surface area contributed by atoms with Gasteiger partial charge >= 0.3 is 0 Å². The first-order chi connectivity index (χ1) is 16.4. The number of carbonyl (C=O) groups is 1. The molecule has 0 unspecified atom stereocenters. The van der Waals surface area contributed by atoms with E-state index in [0.717, 1.165) is 29.2 Å². The summed E-state index contributed by atoms with van der Waals surface area (Å²) in [7, 11) is 2.06. The van der Waals surface area contributed by atoms with Crippen LogP contribution in [0.4, 0.5) is 5.82 Å². The van der Waals surface area contributed by atoms with E-state index in [-0.39, 0.29) is 23.8 Å². The molecule has 1 N–H and O–H groups in total. The maximum Gasteiger partial charge on any atom is 0.231 e. The average Bonchev–Trinajstić information content (AvgIpc) is 3.15. The van der Waals surface area contributed by atoms with Gasteiger partial charge in [0, 0.05) is 49.4 Å². The molecule has 1 aromatic carbocycles. The SMILES string of the molecule is C[C@@H]1C[C@@H](O)c2ncnc(N3CCN(C(=O)[C@@H](c4ccc(Cl)cc4)[C@@H]4COCCN4C)CC3)c21. The summed E-state index contributed by atoms with van der Waals surface area (Å²) in [6.45, 7) is 6.77. The third-order valence-electron chi connectivity index (χ3n) is 7.49. The van der Waals surface area contributed by atoms with Gasteiger partial charge in [-0.1, -0.05) is 30.7 Å². The fraction of sp³-hybridized carbons (Fsp3) is 0.560. The number of fused-ring (bicyclic) bond motifs is 1. The van der Waals surface area contributed by atoms with E-state index in [9.17, 15) is 9.90 Å². The smallest absolute Gasteiger partial charge is 0.231 e. The molecule has 0 spiro atoms. The lowest BCUT2D eigenvalue weighted by Gasteiger charge is -2.42. The van der Waals surface area contributed by atoms with Crippen molar-refractivity contribution in [3.05, 3.63) is 52.4 Å². The first-order valence-electron chi connectivity index (χ1n) is 12.0. The molecule has 9 heteroatoms. The highest BCUT2D eigenvalue weighted by atomic mass is 35.5. The Balaban J connectivity index is 1.34. The normalized spacial score (nSPS) is 26.4. The van der Waals surface area contributed by atoms with Crippen LogP contribution in [0.15, 0.2) is 30.6 Å². The van der Waals surface area contributed by atoms with Gasteiger partial charge in [-0.15, -0.1) is 0 Å². The van der Waals surface area contributed by atoms with Crippen molar-refractivity contribution in [3.63, 3.8) is 0 Å². The Kier molecular flexibility index (Phi) is 6.75. The van der Waals surface area contributed by atoms with Gasteiger partial charge in [0.25, 0.3) is 0 Å². The second-order valence-electron chi connectivity index (χ2n) is 9.61. The Morgan fingerprint density at radius 2 is 1.88 bits per heavy atom. The van der Waals surface area contributed by atoms with Crippen LogP contribution in [-0.4, -0.2) is 89.8 Å². The zero-order valence-corrected chi connectivity index (χ0v) is 20.5. The second kappa shape index (κ2) is 9.77. The van der Waals surface area contributed by atoms with Crippen molar-refractivity contribution in [2.24, 2.45) is 0 Å². The van der Waals surface area contributed by atoms with Crippen LogP contribution in [0.3, 0.4) is 0 Å². The molecule has 5 rings (SSSR count). The number of nitrogens with zero attached hydrogens (tertiary/aromatic N) is 5. The maximum absolute atomic E-state index is 13.9. The number of rotatable bonds is 4. The van der Waals surface area contributed by atoms with Crippen LogP contribution in [0.5, 0.6) is 0 Å². The third-order valence-corrected chi connectivity index (χ3v) is 7.74. The Labute approximate surface area is 205 Å². The van der Waals surface area contributed by atoms with Gasteiger partial charge in [-0.3, -0.25) is 9.69 Å². The molecule has 3 aliphatic rings. The van der Waals surface area contributed by atoms with Gasteiger partial charge in [0.05, 0.1) is 30.9 Å². The van der Waals surface area contributed by atoms with Crippen molar-refractivity contribution in [1.82, 2.24) is 19.8 Å². The number of piperazine rings is 1. The summed E-state index contributed by atoms with van der Waals surface area (Å²) in [6.07, 6.45) is 1.70. The van der Waals surface area contributed by atoms with Gasteiger partial charge in [0.15, 0.2) is 0 Å². The first kappa shape index (κ1) is 23.5. The molecule has 2 saturated heterocycles. The van der Waals surface area contributed by atoms with E-state index in [4.69, 9.17) is 16.3 Å². The summed E-state index contributed by atoms with van der Waals surface area (Å²) in [5, 5.41) is 11.0. The first-order valence-corrected chi connectivity index (χ1v) is 12.4. The highest BCUT2D eigenvalue weighted by Gasteiger charge is 2.39. The Hall–Kier alpha value is -2.26. The number of aliphatic hydroxyl groups is 1. The number of likely N-dealkylation sites (N-methyl/N-ethyl adjacent to an activating group) is 1. The van der Waals surface area contributed by atoms with Crippen LogP contribution in [0.25, 0.3) is 0 Å². The third kappa shape index (κ3) is 4.40. The maximum atomic E-state index is 13.9. The largest absolute Gasteiger partial charge is 0.387 e. The number of anilines is 1. The average molecular weight is 486 g/mol. The molecular formula is C25H32ClN5O3. The molecule has 8 nitrogen and oxygen atoms in total. The van der Waals surface area contributed by atoms with E-state index in [1.165, 1.54) is 0 Å². The van der Waals surface area contributed by atoms with Crippen LogP contribution in [0, 0.1) is 0 Å². The van der Waals surface area contributed by atoms with Crippen molar-refractivity contribution >= 4 is 23.3 Å². The summed E-state index contributed by atoms with van der Waals surface area (Å²) >= 11 is 6.13. The van der Waals surface area contributed by atoms with Crippen molar-refractivity contribution in [2.75, 3.05) is 57.9 Å². The molecule has 4 atom stereocenters. The van der Waals surface area contributed by atoms with Crippen LogP contribution in [-0.2, 0) is 9.53 Å². The number of aliphatic hydroxyl groups excluding tert-OH is 1. The predicted molar refractivity (Wildman–Crippen MR) is 130 cm³/mol. The number of amides is 1. The number of hydrogen-bond donors (Lipinski definition) is 1. The highest BCUT2D eigenvalue weighted by molar-refractivity contribution is 6.30. The molecule has 2 aliphatic heterocycles. The van der Waals surface area contributed by atoms with Crippen molar-refractivity contribution < 1.29 is 14.6 Å². The molecule has 1 aliphatic carbocycles. The Morgan fingerprint density at radius 3 is 2.59 bits per heavy atom. The minimum Gasteiger partial charge on any atom is -0.387 e. The minimum absolute atomic E-state index is 0.0204. The lowest BCUT2D eigenvalue weighted by Crippen LogP contribution is -2.55. The number of morpholine rings is 1. The van der Waals surface area contributed by atoms with Gasteiger partial charge in [-0.25, -0.2) is 9.97 Å². The number of benzene rings is 1. The predicted octanol–water partition coefficient (Wildman–Crippen LogP) is 2.43. The number of aromatic nitrogens is 2. The molecule has 0 saturated carbocycles.